The molecule has 1 aromatic carbocycles. The summed E-state index contributed by atoms with van der Waals surface area (Å²) >= 11 is 0. The van der Waals surface area contributed by atoms with Crippen molar-refractivity contribution in [3.8, 4) is 0 Å². The van der Waals surface area contributed by atoms with Gasteiger partial charge in [-0.3, -0.25) is 9.69 Å². The molecule has 5 nitrogen and oxygen atoms in total. The molecule has 0 saturated heterocycles. The summed E-state index contributed by atoms with van der Waals surface area (Å²) < 4.78 is 0. The molecule has 146 valence electrons. The summed E-state index contributed by atoms with van der Waals surface area (Å²) in [4.78, 5) is 19.4. The zero-order chi connectivity index (χ0) is 19.3. The number of likely N-dealkylation sites (N-methyl/N-ethyl adjacent to an activating group) is 1. The molecule has 1 amide bonds. The Labute approximate surface area is 162 Å². The normalized spacial score (nSPS) is 27.7. The highest BCUT2D eigenvalue weighted by Gasteiger charge is 2.43. The number of aliphatic hydroxyl groups excluding tert-OH is 1. The number of hydrogen-bond donors (Lipinski definition) is 1. The van der Waals surface area contributed by atoms with E-state index in [0.717, 1.165) is 38.3 Å². The van der Waals surface area contributed by atoms with Gasteiger partial charge in [-0.15, -0.1) is 0 Å². The molecule has 1 N–H and O–H groups in total. The maximum Gasteiger partial charge on any atom is 0.230 e. The van der Waals surface area contributed by atoms with Gasteiger partial charge < -0.3 is 14.9 Å². The average molecular weight is 370 g/mol. The van der Waals surface area contributed by atoms with Crippen molar-refractivity contribution < 1.29 is 9.90 Å². The van der Waals surface area contributed by atoms with Gasteiger partial charge in [-0.2, -0.15) is 0 Å². The third-order valence-electron chi connectivity index (χ3n) is 6.64. The fourth-order valence-electron chi connectivity index (χ4n) is 5.28. The summed E-state index contributed by atoms with van der Waals surface area (Å²) in [5.41, 5.74) is 5.10. The largest absolute Gasteiger partial charge is 0.374 e. The number of hydrogen-bond acceptors (Lipinski definition) is 4. The quantitative estimate of drug-likeness (QED) is 0.886. The molecular weight excluding hydrogens is 338 g/mol. The van der Waals surface area contributed by atoms with E-state index in [1.54, 1.807) is 0 Å². The maximum atomic E-state index is 13.0. The van der Waals surface area contributed by atoms with Crippen LogP contribution in [0.15, 0.2) is 24.3 Å². The zero-order valence-corrected chi connectivity index (χ0v) is 16.9. The number of nitrogens with zero attached hydrogens (tertiary/aromatic N) is 3. The topological polar surface area (TPSA) is 47.0 Å². The second-order valence-electron chi connectivity index (χ2n) is 8.15. The van der Waals surface area contributed by atoms with E-state index < -0.39 is 6.23 Å². The first kappa shape index (κ1) is 18.5. The molecule has 4 unspecified atom stereocenters. The lowest BCUT2D eigenvalue weighted by Crippen LogP contribution is -2.47. The van der Waals surface area contributed by atoms with Gasteiger partial charge in [0.15, 0.2) is 0 Å². The molecule has 5 heteroatoms. The number of aliphatic hydroxyl groups is 1. The molecule has 0 spiro atoms. The molecule has 1 aromatic rings. The van der Waals surface area contributed by atoms with Crippen LogP contribution in [0.4, 0.5) is 5.69 Å². The predicted molar refractivity (Wildman–Crippen MR) is 109 cm³/mol. The minimum Gasteiger partial charge on any atom is -0.374 e. The van der Waals surface area contributed by atoms with E-state index >= 15 is 0 Å². The van der Waals surface area contributed by atoms with Crippen LogP contribution in [0.5, 0.6) is 0 Å². The molecule has 0 radical (unpaired) electrons. The smallest absolute Gasteiger partial charge is 0.230 e. The van der Waals surface area contributed by atoms with Crippen molar-refractivity contribution in [2.24, 2.45) is 5.92 Å². The lowest BCUT2D eigenvalue weighted by Gasteiger charge is -2.42. The van der Waals surface area contributed by atoms with E-state index in [-0.39, 0.29) is 11.8 Å². The fourth-order valence-corrected chi connectivity index (χ4v) is 5.28. The Morgan fingerprint density at radius 1 is 1.30 bits per heavy atom. The van der Waals surface area contributed by atoms with Crippen LogP contribution in [0.1, 0.15) is 44.2 Å². The van der Waals surface area contributed by atoms with E-state index in [1.807, 2.05) is 25.7 Å². The van der Waals surface area contributed by atoms with Gasteiger partial charge in [0.2, 0.25) is 5.91 Å². The molecule has 27 heavy (non-hydrogen) atoms. The lowest BCUT2D eigenvalue weighted by atomic mass is 9.74. The minimum absolute atomic E-state index is 0.0807. The Morgan fingerprint density at radius 2 is 2.04 bits per heavy atom. The first-order valence-corrected chi connectivity index (χ1v) is 10.2. The van der Waals surface area contributed by atoms with Gasteiger partial charge >= 0.3 is 0 Å². The van der Waals surface area contributed by atoms with Crippen molar-refractivity contribution in [3.05, 3.63) is 35.4 Å². The van der Waals surface area contributed by atoms with Crippen molar-refractivity contribution in [2.45, 2.75) is 45.4 Å². The van der Waals surface area contributed by atoms with E-state index in [4.69, 9.17) is 0 Å². The van der Waals surface area contributed by atoms with Gasteiger partial charge in [0.1, 0.15) is 6.23 Å². The third-order valence-corrected chi connectivity index (χ3v) is 6.64. The Bertz CT molecular complexity index is 769. The number of fused-ring (bicyclic) bond motifs is 2. The Balaban J connectivity index is 1.76. The van der Waals surface area contributed by atoms with Crippen LogP contribution in [0.3, 0.4) is 0 Å². The summed E-state index contributed by atoms with van der Waals surface area (Å²) in [5.74, 6) is 0.603. The number of carbonyl (C=O) groups excluding carboxylic acids is 1. The summed E-state index contributed by atoms with van der Waals surface area (Å²) in [5, 5.41) is 10.2. The van der Waals surface area contributed by atoms with E-state index in [9.17, 15) is 9.90 Å². The predicted octanol–water partition coefficient (Wildman–Crippen LogP) is 2.51. The molecular formula is C22H31N3O2. The average Bonchev–Trinajstić information content (AvgIpc) is 3.04. The molecule has 2 aliphatic heterocycles. The van der Waals surface area contributed by atoms with Gasteiger partial charge in [0.25, 0.3) is 0 Å². The second-order valence-corrected chi connectivity index (χ2v) is 8.15. The second kappa shape index (κ2) is 6.95. The van der Waals surface area contributed by atoms with Crippen LogP contribution in [-0.4, -0.2) is 66.3 Å². The fraction of sp³-hybridized carbons (Fsp3) is 0.591. The SMILES string of the molecule is CCN(CC)C(=O)C1C=C2c3cccc4c3C(CC2N(C)C1)CN4C(C)O. The standard InChI is InChI=1S/C22H31N3O2/c1-5-24(6-2)22(27)16-10-18-17-8-7-9-19-21(17)15(13-25(19)14(3)26)11-20(18)23(4)12-16/h7-10,14-16,20,26H,5-6,11-13H2,1-4H3. The van der Waals surface area contributed by atoms with Gasteiger partial charge in [-0.05, 0) is 57.0 Å². The number of carbonyl (C=O) groups is 1. The van der Waals surface area contributed by atoms with E-state index in [0.29, 0.717) is 12.0 Å². The molecule has 0 saturated carbocycles. The van der Waals surface area contributed by atoms with Crippen molar-refractivity contribution in [1.82, 2.24) is 9.80 Å². The van der Waals surface area contributed by atoms with Crippen LogP contribution in [0, 0.1) is 5.92 Å². The first-order valence-electron chi connectivity index (χ1n) is 10.2. The van der Waals surface area contributed by atoms with Crippen molar-refractivity contribution >= 4 is 17.2 Å². The minimum atomic E-state index is -0.479. The van der Waals surface area contributed by atoms with Gasteiger partial charge in [0.05, 0.1) is 5.92 Å². The van der Waals surface area contributed by atoms with Crippen LogP contribution >= 0.6 is 0 Å². The molecule has 3 aliphatic rings. The summed E-state index contributed by atoms with van der Waals surface area (Å²) in [6.07, 6.45) is 2.82. The van der Waals surface area contributed by atoms with Crippen molar-refractivity contribution in [2.75, 3.05) is 38.1 Å². The summed E-state index contributed by atoms with van der Waals surface area (Å²) in [6, 6.07) is 6.77. The van der Waals surface area contributed by atoms with Gasteiger partial charge in [-0.1, -0.05) is 18.2 Å². The monoisotopic (exact) mass is 369 g/mol. The highest BCUT2D eigenvalue weighted by Crippen LogP contribution is 2.50. The highest BCUT2D eigenvalue weighted by molar-refractivity contribution is 5.87. The highest BCUT2D eigenvalue weighted by atomic mass is 16.3. The molecule has 0 bridgehead atoms. The Morgan fingerprint density at radius 3 is 2.70 bits per heavy atom. The molecule has 4 atom stereocenters. The number of rotatable bonds is 4. The van der Waals surface area contributed by atoms with Crippen LogP contribution in [0.2, 0.25) is 0 Å². The third kappa shape index (κ3) is 2.88. The van der Waals surface area contributed by atoms with Crippen LogP contribution < -0.4 is 4.90 Å². The number of amides is 1. The lowest BCUT2D eigenvalue weighted by molar-refractivity contribution is -0.134. The van der Waals surface area contributed by atoms with Crippen LogP contribution in [-0.2, 0) is 4.79 Å². The van der Waals surface area contributed by atoms with Gasteiger partial charge in [-0.25, -0.2) is 0 Å². The van der Waals surface area contributed by atoms with E-state index in [2.05, 4.69) is 41.1 Å². The first-order chi connectivity index (χ1) is 13.0. The Hall–Kier alpha value is -1.85. The molecule has 4 rings (SSSR count). The number of benzene rings is 1. The zero-order valence-electron chi connectivity index (χ0n) is 16.9. The van der Waals surface area contributed by atoms with Crippen LogP contribution in [0.25, 0.3) is 5.57 Å². The molecule has 0 fully saturated rings. The van der Waals surface area contributed by atoms with Crippen molar-refractivity contribution in [1.29, 1.82) is 0 Å². The van der Waals surface area contributed by atoms with Crippen molar-refractivity contribution in [3.63, 3.8) is 0 Å². The summed E-state index contributed by atoms with van der Waals surface area (Å²) in [6.45, 7) is 9.11. The molecule has 2 heterocycles. The van der Waals surface area contributed by atoms with E-state index in [1.165, 1.54) is 16.7 Å². The van der Waals surface area contributed by atoms with Gasteiger partial charge in [0, 0.05) is 43.8 Å². The Kier molecular flexibility index (Phi) is 4.77. The maximum absolute atomic E-state index is 13.0. The molecule has 0 aromatic heterocycles. The molecule has 1 aliphatic carbocycles. The number of anilines is 1. The summed E-state index contributed by atoms with van der Waals surface area (Å²) in [7, 11) is 2.15.